The van der Waals surface area contributed by atoms with Crippen LogP contribution in [0.25, 0.3) is 0 Å². The first-order valence-corrected chi connectivity index (χ1v) is 6.06. The SMILES string of the molecule is COc1ncccc1C(=O)NC(C)CCCC(=O)O. The van der Waals surface area contributed by atoms with Crippen LogP contribution in [0.2, 0.25) is 0 Å². The lowest BCUT2D eigenvalue weighted by Gasteiger charge is -2.14. The molecule has 0 bridgehead atoms. The molecular weight excluding hydrogens is 248 g/mol. The number of nitrogens with one attached hydrogen (secondary N) is 1. The summed E-state index contributed by atoms with van der Waals surface area (Å²) >= 11 is 0. The number of amides is 1. The molecule has 104 valence electrons. The minimum atomic E-state index is -0.826. The Morgan fingerprint density at radius 2 is 2.26 bits per heavy atom. The fourth-order valence-corrected chi connectivity index (χ4v) is 1.66. The van der Waals surface area contributed by atoms with Gasteiger partial charge in [-0.3, -0.25) is 9.59 Å². The van der Waals surface area contributed by atoms with Crippen LogP contribution in [0.15, 0.2) is 18.3 Å². The van der Waals surface area contributed by atoms with E-state index in [2.05, 4.69) is 10.3 Å². The molecule has 0 saturated heterocycles. The van der Waals surface area contributed by atoms with Gasteiger partial charge >= 0.3 is 5.97 Å². The quantitative estimate of drug-likeness (QED) is 0.780. The molecule has 2 N–H and O–H groups in total. The first-order valence-electron chi connectivity index (χ1n) is 6.06. The van der Waals surface area contributed by atoms with Gasteiger partial charge < -0.3 is 15.2 Å². The van der Waals surface area contributed by atoms with E-state index in [4.69, 9.17) is 9.84 Å². The third kappa shape index (κ3) is 4.95. The van der Waals surface area contributed by atoms with Crippen molar-refractivity contribution < 1.29 is 19.4 Å². The molecule has 1 atom stereocenters. The van der Waals surface area contributed by atoms with Crippen molar-refractivity contribution in [2.45, 2.75) is 32.2 Å². The van der Waals surface area contributed by atoms with E-state index in [-0.39, 0.29) is 24.2 Å². The van der Waals surface area contributed by atoms with Crippen LogP contribution in [-0.2, 0) is 4.79 Å². The molecule has 1 aromatic heterocycles. The average Bonchev–Trinajstić information content (AvgIpc) is 2.38. The molecule has 0 aliphatic heterocycles. The third-order valence-electron chi connectivity index (χ3n) is 2.61. The number of pyridine rings is 1. The summed E-state index contributed by atoms with van der Waals surface area (Å²) in [5.41, 5.74) is 0.370. The zero-order valence-corrected chi connectivity index (χ0v) is 11.0. The van der Waals surface area contributed by atoms with Gasteiger partial charge in [0.1, 0.15) is 5.56 Å². The number of carbonyl (C=O) groups excluding carboxylic acids is 1. The summed E-state index contributed by atoms with van der Waals surface area (Å²) < 4.78 is 5.01. The molecule has 0 radical (unpaired) electrons. The standard InChI is InChI=1S/C13H18N2O4/c1-9(5-3-7-11(16)17)15-12(18)10-6-4-8-14-13(10)19-2/h4,6,8-9H,3,5,7H2,1-2H3,(H,15,18)(H,16,17). The molecule has 1 amide bonds. The number of aromatic nitrogens is 1. The van der Waals surface area contributed by atoms with E-state index in [1.807, 2.05) is 6.92 Å². The highest BCUT2D eigenvalue weighted by Crippen LogP contribution is 2.13. The smallest absolute Gasteiger partial charge is 0.303 e. The topological polar surface area (TPSA) is 88.5 Å². The predicted octanol–water partition coefficient (Wildman–Crippen LogP) is 1.46. The summed E-state index contributed by atoms with van der Waals surface area (Å²) in [5.74, 6) is -0.821. The van der Waals surface area contributed by atoms with Crippen molar-refractivity contribution in [1.82, 2.24) is 10.3 Å². The van der Waals surface area contributed by atoms with Gasteiger partial charge in [0, 0.05) is 18.7 Å². The highest BCUT2D eigenvalue weighted by molar-refractivity contribution is 5.96. The van der Waals surface area contributed by atoms with Gasteiger partial charge in [-0.05, 0) is 31.9 Å². The second-order valence-corrected chi connectivity index (χ2v) is 4.22. The summed E-state index contributed by atoms with van der Waals surface area (Å²) in [5, 5.41) is 11.3. The summed E-state index contributed by atoms with van der Waals surface area (Å²) in [6.07, 6.45) is 2.80. The lowest BCUT2D eigenvalue weighted by Crippen LogP contribution is -2.32. The highest BCUT2D eigenvalue weighted by atomic mass is 16.5. The molecular formula is C13H18N2O4. The van der Waals surface area contributed by atoms with Crippen LogP contribution >= 0.6 is 0 Å². The average molecular weight is 266 g/mol. The Morgan fingerprint density at radius 3 is 2.89 bits per heavy atom. The monoisotopic (exact) mass is 266 g/mol. The van der Waals surface area contributed by atoms with Crippen molar-refractivity contribution in [2.75, 3.05) is 7.11 Å². The van der Waals surface area contributed by atoms with Crippen LogP contribution in [0.4, 0.5) is 0 Å². The van der Waals surface area contributed by atoms with Gasteiger partial charge in [-0.25, -0.2) is 4.98 Å². The Labute approximate surface area is 111 Å². The Balaban J connectivity index is 2.52. The van der Waals surface area contributed by atoms with Crippen molar-refractivity contribution in [3.8, 4) is 5.88 Å². The third-order valence-corrected chi connectivity index (χ3v) is 2.61. The van der Waals surface area contributed by atoms with E-state index in [1.165, 1.54) is 7.11 Å². The van der Waals surface area contributed by atoms with E-state index in [1.54, 1.807) is 18.3 Å². The second-order valence-electron chi connectivity index (χ2n) is 4.22. The number of hydrogen-bond donors (Lipinski definition) is 2. The molecule has 0 aliphatic rings. The van der Waals surface area contributed by atoms with Gasteiger partial charge in [0.15, 0.2) is 0 Å². The van der Waals surface area contributed by atoms with Gasteiger partial charge in [0.2, 0.25) is 5.88 Å². The van der Waals surface area contributed by atoms with Gasteiger partial charge in [0.25, 0.3) is 5.91 Å². The molecule has 0 spiro atoms. The maximum Gasteiger partial charge on any atom is 0.303 e. The molecule has 1 rings (SSSR count). The Kier molecular flexibility index (Phi) is 5.78. The molecule has 0 aromatic carbocycles. The second kappa shape index (κ2) is 7.35. The largest absolute Gasteiger partial charge is 0.481 e. The molecule has 6 heteroatoms. The number of rotatable bonds is 7. The van der Waals surface area contributed by atoms with Gasteiger partial charge in [-0.15, -0.1) is 0 Å². The Hall–Kier alpha value is -2.11. The van der Waals surface area contributed by atoms with Crippen LogP contribution in [-0.4, -0.2) is 35.1 Å². The summed E-state index contributed by atoms with van der Waals surface area (Å²) in [6.45, 7) is 1.84. The van der Waals surface area contributed by atoms with Crippen LogP contribution in [0, 0.1) is 0 Å². The maximum atomic E-state index is 12.0. The summed E-state index contributed by atoms with van der Waals surface area (Å²) in [6, 6.07) is 3.19. The maximum absolute atomic E-state index is 12.0. The first kappa shape index (κ1) is 14.9. The number of carboxylic acids is 1. The van der Waals surface area contributed by atoms with Gasteiger partial charge in [-0.1, -0.05) is 0 Å². The molecule has 0 saturated carbocycles. The molecule has 1 aromatic rings. The predicted molar refractivity (Wildman–Crippen MR) is 69.2 cm³/mol. The number of ether oxygens (including phenoxy) is 1. The lowest BCUT2D eigenvalue weighted by atomic mass is 10.1. The van der Waals surface area contributed by atoms with Gasteiger partial charge in [-0.2, -0.15) is 0 Å². The van der Waals surface area contributed by atoms with Crippen LogP contribution in [0.3, 0.4) is 0 Å². The summed E-state index contributed by atoms with van der Waals surface area (Å²) in [7, 11) is 1.45. The first-order chi connectivity index (χ1) is 9.04. The number of nitrogens with zero attached hydrogens (tertiary/aromatic N) is 1. The molecule has 1 unspecified atom stereocenters. The number of aliphatic carboxylic acids is 1. The molecule has 0 aliphatic carbocycles. The van der Waals surface area contributed by atoms with Crippen molar-refractivity contribution in [3.63, 3.8) is 0 Å². The van der Waals surface area contributed by atoms with Crippen LogP contribution in [0.5, 0.6) is 5.88 Å². The highest BCUT2D eigenvalue weighted by Gasteiger charge is 2.15. The van der Waals surface area contributed by atoms with Gasteiger partial charge in [0.05, 0.1) is 7.11 Å². The zero-order chi connectivity index (χ0) is 14.3. The van der Waals surface area contributed by atoms with Crippen molar-refractivity contribution in [3.05, 3.63) is 23.9 Å². The van der Waals surface area contributed by atoms with Crippen molar-refractivity contribution in [1.29, 1.82) is 0 Å². The van der Waals surface area contributed by atoms with E-state index >= 15 is 0 Å². The molecule has 1 heterocycles. The zero-order valence-electron chi connectivity index (χ0n) is 11.0. The van der Waals surface area contributed by atoms with Crippen molar-refractivity contribution in [2.24, 2.45) is 0 Å². The van der Waals surface area contributed by atoms with E-state index in [0.29, 0.717) is 18.4 Å². The normalized spacial score (nSPS) is 11.7. The van der Waals surface area contributed by atoms with E-state index in [9.17, 15) is 9.59 Å². The van der Waals surface area contributed by atoms with Crippen LogP contribution < -0.4 is 10.1 Å². The van der Waals surface area contributed by atoms with E-state index in [0.717, 1.165) is 0 Å². The minimum absolute atomic E-state index is 0.100. The minimum Gasteiger partial charge on any atom is -0.481 e. The van der Waals surface area contributed by atoms with Crippen molar-refractivity contribution >= 4 is 11.9 Å². The fraction of sp³-hybridized carbons (Fsp3) is 0.462. The summed E-state index contributed by atoms with van der Waals surface area (Å²) in [4.78, 5) is 26.3. The fourth-order valence-electron chi connectivity index (χ4n) is 1.66. The Morgan fingerprint density at radius 1 is 1.53 bits per heavy atom. The van der Waals surface area contributed by atoms with Crippen LogP contribution in [0.1, 0.15) is 36.5 Å². The van der Waals surface area contributed by atoms with E-state index < -0.39 is 5.97 Å². The molecule has 6 nitrogen and oxygen atoms in total. The number of hydrogen-bond acceptors (Lipinski definition) is 4. The number of methoxy groups -OCH3 is 1. The number of carboxylic acid groups (broad SMARTS) is 1. The molecule has 0 fully saturated rings. The molecule has 19 heavy (non-hydrogen) atoms. The Bertz CT molecular complexity index is 448. The number of carbonyl (C=O) groups is 2. The lowest BCUT2D eigenvalue weighted by molar-refractivity contribution is -0.137.